The molecule has 4 nitrogen and oxygen atoms in total. The summed E-state index contributed by atoms with van der Waals surface area (Å²) in [6.07, 6.45) is 3.75. The Balaban J connectivity index is 1.88. The molecule has 2 aromatic heterocycles. The Morgan fingerprint density at radius 1 is 1.47 bits per heavy atom. The van der Waals surface area contributed by atoms with E-state index in [4.69, 9.17) is 5.73 Å². The Morgan fingerprint density at radius 2 is 2.37 bits per heavy atom. The second-order valence-corrected chi connectivity index (χ2v) is 5.69. The largest absolute Gasteiger partial charge is 0.370 e. The highest BCUT2D eigenvalue weighted by atomic mass is 32.1. The van der Waals surface area contributed by atoms with Crippen molar-refractivity contribution in [2.24, 2.45) is 10.7 Å². The molecule has 2 N–H and O–H groups in total. The lowest BCUT2D eigenvalue weighted by molar-refractivity contribution is 0.341. The van der Waals surface area contributed by atoms with Crippen molar-refractivity contribution in [1.29, 1.82) is 0 Å². The van der Waals surface area contributed by atoms with Crippen LogP contribution in [-0.2, 0) is 6.54 Å². The number of aromatic nitrogens is 1. The number of pyridine rings is 1. The maximum Gasteiger partial charge on any atom is 0.192 e. The van der Waals surface area contributed by atoms with Crippen molar-refractivity contribution in [1.82, 2.24) is 9.88 Å². The van der Waals surface area contributed by atoms with Crippen LogP contribution >= 0.6 is 11.3 Å². The van der Waals surface area contributed by atoms with Crippen LogP contribution in [0.1, 0.15) is 22.0 Å². The van der Waals surface area contributed by atoms with Crippen molar-refractivity contribution < 1.29 is 0 Å². The quantitative estimate of drug-likeness (QED) is 0.933. The third kappa shape index (κ3) is 2.33. The standard InChI is InChI=1S/C14H16N4S/c1-10-4-5-16-7-12(10)13-8-17-14(15)18(13)9-11-3-2-6-19-11/h2-7,13H,8-9H2,1H3,(H2,15,17). The van der Waals surface area contributed by atoms with Gasteiger partial charge in [-0.2, -0.15) is 0 Å². The highest BCUT2D eigenvalue weighted by Gasteiger charge is 2.28. The van der Waals surface area contributed by atoms with Gasteiger partial charge >= 0.3 is 0 Å². The van der Waals surface area contributed by atoms with Gasteiger partial charge in [0.25, 0.3) is 0 Å². The number of thiophene rings is 1. The van der Waals surface area contributed by atoms with Crippen molar-refractivity contribution in [3.05, 3.63) is 52.0 Å². The molecular weight excluding hydrogens is 256 g/mol. The first-order valence-corrected chi connectivity index (χ1v) is 7.13. The number of aryl methyl sites for hydroxylation is 1. The summed E-state index contributed by atoms with van der Waals surface area (Å²) in [5.41, 5.74) is 8.48. The second kappa shape index (κ2) is 5.01. The van der Waals surface area contributed by atoms with E-state index in [1.54, 1.807) is 11.3 Å². The van der Waals surface area contributed by atoms with Gasteiger partial charge in [0.15, 0.2) is 5.96 Å². The van der Waals surface area contributed by atoms with E-state index in [-0.39, 0.29) is 6.04 Å². The molecule has 0 spiro atoms. The van der Waals surface area contributed by atoms with E-state index in [0.717, 1.165) is 6.54 Å². The zero-order chi connectivity index (χ0) is 13.2. The van der Waals surface area contributed by atoms with Gasteiger partial charge in [-0.15, -0.1) is 11.3 Å². The molecule has 0 saturated carbocycles. The Bertz CT molecular complexity index is 591. The Labute approximate surface area is 116 Å². The van der Waals surface area contributed by atoms with Crippen molar-refractivity contribution >= 4 is 17.3 Å². The molecular formula is C14H16N4S. The highest BCUT2D eigenvalue weighted by molar-refractivity contribution is 7.09. The van der Waals surface area contributed by atoms with Crippen molar-refractivity contribution in [3.63, 3.8) is 0 Å². The van der Waals surface area contributed by atoms with Crippen LogP contribution in [0.25, 0.3) is 0 Å². The van der Waals surface area contributed by atoms with Gasteiger partial charge in [-0.25, -0.2) is 0 Å². The summed E-state index contributed by atoms with van der Waals surface area (Å²) in [6.45, 7) is 3.63. The van der Waals surface area contributed by atoms with Crippen LogP contribution < -0.4 is 5.73 Å². The van der Waals surface area contributed by atoms with Crippen LogP contribution in [0.5, 0.6) is 0 Å². The van der Waals surface area contributed by atoms with E-state index in [1.807, 2.05) is 18.5 Å². The monoisotopic (exact) mass is 272 g/mol. The van der Waals surface area contributed by atoms with Crippen LogP contribution in [0.2, 0.25) is 0 Å². The van der Waals surface area contributed by atoms with Gasteiger partial charge in [-0.3, -0.25) is 9.98 Å². The number of aliphatic imine (C=N–C) groups is 1. The fourth-order valence-corrected chi connectivity index (χ4v) is 3.08. The number of rotatable bonds is 3. The van der Waals surface area contributed by atoms with Gasteiger partial charge in [0.2, 0.25) is 0 Å². The number of nitrogens with zero attached hydrogens (tertiary/aromatic N) is 3. The van der Waals surface area contributed by atoms with E-state index < -0.39 is 0 Å². The van der Waals surface area contributed by atoms with Crippen LogP contribution in [-0.4, -0.2) is 22.4 Å². The van der Waals surface area contributed by atoms with Gasteiger partial charge in [0.05, 0.1) is 19.1 Å². The molecule has 1 atom stereocenters. The molecule has 0 aliphatic carbocycles. The molecule has 0 amide bonds. The van der Waals surface area contributed by atoms with Crippen LogP contribution in [0, 0.1) is 6.92 Å². The van der Waals surface area contributed by atoms with Crippen LogP contribution in [0.15, 0.2) is 41.0 Å². The van der Waals surface area contributed by atoms with Gasteiger partial charge in [-0.1, -0.05) is 6.07 Å². The summed E-state index contributed by atoms with van der Waals surface area (Å²) in [5, 5.41) is 2.09. The van der Waals surface area contributed by atoms with Crippen molar-refractivity contribution in [3.8, 4) is 0 Å². The normalized spacial score (nSPS) is 18.7. The molecule has 1 unspecified atom stereocenters. The second-order valence-electron chi connectivity index (χ2n) is 4.65. The minimum Gasteiger partial charge on any atom is -0.370 e. The first-order chi connectivity index (χ1) is 9.25. The predicted molar refractivity (Wildman–Crippen MR) is 78.1 cm³/mol. The summed E-state index contributed by atoms with van der Waals surface area (Å²) in [7, 11) is 0. The minimum atomic E-state index is 0.204. The van der Waals surface area contributed by atoms with Gasteiger partial charge < -0.3 is 10.6 Å². The summed E-state index contributed by atoms with van der Waals surface area (Å²) >= 11 is 1.75. The van der Waals surface area contributed by atoms with E-state index >= 15 is 0 Å². The predicted octanol–water partition coefficient (Wildman–Crippen LogP) is 2.32. The molecule has 3 rings (SSSR count). The minimum absolute atomic E-state index is 0.204. The van der Waals surface area contributed by atoms with Gasteiger partial charge in [-0.05, 0) is 35.6 Å². The zero-order valence-electron chi connectivity index (χ0n) is 10.8. The first-order valence-electron chi connectivity index (χ1n) is 6.25. The van der Waals surface area contributed by atoms with E-state index in [0.29, 0.717) is 12.5 Å². The molecule has 0 aromatic carbocycles. The first kappa shape index (κ1) is 12.2. The lowest BCUT2D eigenvalue weighted by Gasteiger charge is -2.26. The Morgan fingerprint density at radius 3 is 3.11 bits per heavy atom. The molecule has 1 aliphatic heterocycles. The molecule has 19 heavy (non-hydrogen) atoms. The van der Waals surface area contributed by atoms with Crippen LogP contribution in [0.3, 0.4) is 0 Å². The maximum absolute atomic E-state index is 6.03. The Kier molecular flexibility index (Phi) is 3.21. The van der Waals surface area contributed by atoms with Crippen LogP contribution in [0.4, 0.5) is 0 Å². The summed E-state index contributed by atoms with van der Waals surface area (Å²) < 4.78 is 0. The zero-order valence-corrected chi connectivity index (χ0v) is 11.6. The smallest absolute Gasteiger partial charge is 0.192 e. The number of hydrogen-bond donors (Lipinski definition) is 1. The molecule has 0 radical (unpaired) electrons. The van der Waals surface area contributed by atoms with E-state index in [9.17, 15) is 0 Å². The third-order valence-corrected chi connectivity index (χ3v) is 4.30. The lowest BCUT2D eigenvalue weighted by Crippen LogP contribution is -2.35. The molecule has 98 valence electrons. The summed E-state index contributed by atoms with van der Waals surface area (Å²) in [4.78, 5) is 12.1. The Hall–Kier alpha value is -1.88. The SMILES string of the molecule is Cc1ccncc1C1CN=C(N)N1Cc1cccs1. The van der Waals surface area contributed by atoms with E-state index in [1.165, 1.54) is 16.0 Å². The fourth-order valence-electron chi connectivity index (χ4n) is 2.38. The number of hydrogen-bond acceptors (Lipinski definition) is 5. The third-order valence-electron chi connectivity index (χ3n) is 3.44. The lowest BCUT2D eigenvalue weighted by atomic mass is 10.0. The maximum atomic E-state index is 6.03. The number of nitrogens with two attached hydrogens (primary N) is 1. The van der Waals surface area contributed by atoms with Crippen molar-refractivity contribution in [2.75, 3.05) is 6.54 Å². The fraction of sp³-hybridized carbons (Fsp3) is 0.286. The molecule has 2 aromatic rings. The molecule has 0 fully saturated rings. The average Bonchev–Trinajstić information content (AvgIpc) is 3.03. The molecule has 3 heterocycles. The van der Waals surface area contributed by atoms with E-state index in [2.05, 4.69) is 39.3 Å². The molecule has 0 saturated heterocycles. The summed E-state index contributed by atoms with van der Waals surface area (Å²) in [6, 6.07) is 6.43. The number of guanidine groups is 1. The average molecular weight is 272 g/mol. The molecule has 1 aliphatic rings. The topological polar surface area (TPSA) is 54.5 Å². The van der Waals surface area contributed by atoms with Crippen molar-refractivity contribution in [2.45, 2.75) is 19.5 Å². The molecule has 5 heteroatoms. The van der Waals surface area contributed by atoms with Gasteiger partial charge in [0, 0.05) is 17.3 Å². The highest BCUT2D eigenvalue weighted by Crippen LogP contribution is 2.29. The summed E-state index contributed by atoms with van der Waals surface area (Å²) in [5.74, 6) is 0.627. The van der Waals surface area contributed by atoms with Gasteiger partial charge in [0.1, 0.15) is 0 Å². The molecule has 0 bridgehead atoms.